The van der Waals surface area contributed by atoms with Gasteiger partial charge in [0.25, 0.3) is 11.1 Å². The minimum absolute atomic E-state index is 0.0346. The van der Waals surface area contributed by atoms with Gasteiger partial charge >= 0.3 is 56.4 Å². The molecule has 71 heteroatoms. The van der Waals surface area contributed by atoms with E-state index in [0.717, 1.165) is 30.9 Å². The molecule has 150 heavy (non-hydrogen) atoms. The predicted molar refractivity (Wildman–Crippen MR) is 537 cm³/mol. The third-order valence-electron chi connectivity index (χ3n) is 24.2. The predicted octanol–water partition coefficient (Wildman–Crippen LogP) is -2.14. The lowest BCUT2D eigenvalue weighted by atomic mass is 10.1. The minimum atomic E-state index is -5.06. The molecule has 0 bridgehead atoms. The number of nitrogen functional groups attached to an aromatic ring is 5. The number of fused-ring (bicyclic) bond motifs is 2. The molecule has 8 aromatic rings. The number of aliphatic hydroxyl groups is 1. The number of aromatic amines is 2. The van der Waals surface area contributed by atoms with E-state index in [4.69, 9.17) is 218 Å². The summed E-state index contributed by atoms with van der Waals surface area (Å²) in [4.78, 5) is 182. The topological polar surface area (TPSA) is 777 Å². The fourth-order valence-corrected chi connectivity index (χ4v) is 24.1. The molecule has 29 atom stereocenters. The fraction of sp³-hybridized carbons (Fsp3) is 0.671. The molecular weight excluding hydrogens is 2200 g/mol. The Kier molecular flexibility index (Phi) is 41.2. The lowest BCUT2D eigenvalue weighted by Gasteiger charge is -2.31. The van der Waals surface area contributed by atoms with Crippen LogP contribution in [-0.4, -0.2) is 372 Å². The number of nitrogens with zero attached hydrogens (tertiary/aromatic N) is 14. The first-order valence-electron chi connectivity index (χ1n) is 45.9. The number of hydrogen-bond acceptors (Lipinski definition) is 53. The van der Waals surface area contributed by atoms with Crippen LogP contribution in [0.1, 0.15) is 73.0 Å². The summed E-state index contributed by atoms with van der Waals surface area (Å²) in [5.74, 6) is -0.849. The molecule has 11 unspecified atom stereocenters. The molecule has 18 N–H and O–H groups in total. The van der Waals surface area contributed by atoms with Crippen molar-refractivity contribution in [3.8, 4) is 0 Å². The van der Waals surface area contributed by atoms with Crippen LogP contribution in [0.4, 0.5) is 29.2 Å². The third-order valence-corrected chi connectivity index (χ3v) is 32.0. The zero-order valence-electron chi connectivity index (χ0n) is 82.1. The van der Waals surface area contributed by atoms with Crippen molar-refractivity contribution < 1.29 is 160 Å². The van der Waals surface area contributed by atoms with Crippen molar-refractivity contribution >= 4 is 144 Å². The van der Waals surface area contributed by atoms with Crippen LogP contribution in [0.2, 0.25) is 0 Å². The molecule has 0 radical (unpaired) electrons. The number of imidazole rings is 2. The van der Waals surface area contributed by atoms with Crippen LogP contribution < -0.4 is 62.5 Å². The third kappa shape index (κ3) is 28.4. The van der Waals surface area contributed by atoms with Crippen LogP contribution in [0.3, 0.4) is 0 Å². The van der Waals surface area contributed by atoms with Crippen LogP contribution in [0.25, 0.3) is 22.3 Å². The Morgan fingerprint density at radius 1 is 0.340 bits per heavy atom. The average Bonchev–Trinajstić information content (AvgIpc) is 1.61. The van der Waals surface area contributed by atoms with Crippen molar-refractivity contribution in [1.82, 2.24) is 77.2 Å². The molecule has 6 aliphatic heterocycles. The van der Waals surface area contributed by atoms with Crippen LogP contribution in [0, 0.1) is 27.7 Å². The number of rotatable bonds is 56. The maximum atomic E-state index is 14.3. The second kappa shape index (κ2) is 52.1. The highest BCUT2D eigenvalue weighted by Crippen LogP contribution is 2.58. The smallest absolute Gasteiger partial charge is 0.351 e. The fourth-order valence-electron chi connectivity index (χ4n) is 16.9. The van der Waals surface area contributed by atoms with Gasteiger partial charge in [-0.15, -0.1) is 0 Å². The van der Waals surface area contributed by atoms with Crippen LogP contribution in [0.5, 0.6) is 0 Å². The Hall–Kier alpha value is -6.89. The highest BCUT2D eigenvalue weighted by atomic mass is 32.5. The highest BCUT2D eigenvalue weighted by Gasteiger charge is 2.59. The number of nitrogens with one attached hydrogen (secondary N) is 2. The molecule has 0 saturated carbocycles. The lowest BCUT2D eigenvalue weighted by Crippen LogP contribution is -2.41. The molecule has 61 nitrogen and oxygen atoms in total. The monoisotopic (exact) mass is 2320 g/mol. The molecule has 6 saturated heterocycles. The van der Waals surface area contributed by atoms with Crippen LogP contribution in [-0.2, 0) is 190 Å². The van der Waals surface area contributed by atoms with Gasteiger partial charge in [0, 0.05) is 89.7 Å². The normalized spacial score (nSPS) is 29.1. The number of aryl methyl sites for hydroxylation is 4. The highest BCUT2D eigenvalue weighted by molar-refractivity contribution is 8.08. The molecule has 0 amide bonds. The van der Waals surface area contributed by atoms with Gasteiger partial charge in [0.2, 0.25) is 5.95 Å². The van der Waals surface area contributed by atoms with Gasteiger partial charge in [-0.05, 0) is 93.2 Å². The van der Waals surface area contributed by atoms with Crippen molar-refractivity contribution in [2.75, 3.05) is 184 Å². The molecule has 14 heterocycles. The summed E-state index contributed by atoms with van der Waals surface area (Å²) in [6.07, 6.45) is -27.9. The molecule has 0 spiro atoms. The second-order valence-electron chi connectivity index (χ2n) is 34.3. The molecule has 8 aromatic heterocycles. The Labute approximate surface area is 877 Å². The van der Waals surface area contributed by atoms with Crippen molar-refractivity contribution in [2.45, 2.75) is 188 Å². The van der Waals surface area contributed by atoms with Gasteiger partial charge < -0.3 is 166 Å². The molecule has 834 valence electrons. The quantitative estimate of drug-likeness (QED) is 0.0143. The lowest BCUT2D eigenvalue weighted by molar-refractivity contribution is -0.0838. The molecular formula is C79H118N21O40P5S5. The summed E-state index contributed by atoms with van der Waals surface area (Å²) in [6.45, 7) is -22.8. The standard InChI is InChI=1S/C79H118N21O40P5S5/c1-12-41-50(56(120-20-14-114-7)70(130-41)98-28-40(5)67(102)94-79(98)107)136-142(109,147)126-30-43-51(57(121-21-15-115-8)71(132-43)96-26-38(3)62(81)90-77(96)105)137-143(110,148)127-31-44-52(58(122-22-16-116-9)72(133-44)97-27-39(4)63(82)91-78(97)106)138-144(111,149)128-32-45-53(59(123-23-17-117-10)73(134-45)99-35-87-47-64(83)85-34-86-65(47)99)140-145(112,150)129-33-46-54(60(124-24-18-118-11)74(135-46)100-36-88-48-66(100)92-75(84)93-68(48)103)139-141(108,146)125-29-42-49(101)55(119-19-13-113-6)69(131-42)95-25-37(2)61(80)89-76(95)104/h25-28,34-36,41-46,49-60,69-74,101H,12-24,29-33H2,1-11H3,(H,108,146)(H,109,147)(H,110,148)(H,111,149)(H,112,150)(H2,80,89,104)(H2,81,90,105)(H2,82,91,106)(H2,83,85,86)(H,94,102,107)(H3,84,92,93,103)/t41-,42-,43-,44-,45-,46-,49?,50?,51?,52?,53?,54?,55+,56+,57+,58+,59+,60+,69-,70-,71-,72-,73-,74-,141?,142?,143?,144?,145?/m1/s1. The van der Waals surface area contributed by atoms with E-state index in [2.05, 4.69) is 49.8 Å². The van der Waals surface area contributed by atoms with Gasteiger partial charge in [0.05, 0.1) is 131 Å². The van der Waals surface area contributed by atoms with Crippen molar-refractivity contribution in [2.24, 2.45) is 0 Å². The number of H-pyrrole nitrogens is 2. The zero-order chi connectivity index (χ0) is 108. The van der Waals surface area contributed by atoms with Crippen LogP contribution >= 0.6 is 33.6 Å². The summed E-state index contributed by atoms with van der Waals surface area (Å²) < 4.78 is 179. The first kappa shape index (κ1) is 119. The van der Waals surface area contributed by atoms with Gasteiger partial charge in [-0.1, -0.05) is 6.92 Å². The molecule has 0 aromatic carbocycles. The van der Waals surface area contributed by atoms with Gasteiger partial charge in [0.1, 0.15) is 133 Å². The van der Waals surface area contributed by atoms with E-state index in [1.807, 2.05) is 0 Å². The Balaban J connectivity index is 0.766. The largest absolute Gasteiger partial charge is 0.387 e. The van der Waals surface area contributed by atoms with Gasteiger partial charge in [0.15, 0.2) is 60.0 Å². The summed E-state index contributed by atoms with van der Waals surface area (Å²) in [7, 11) is 8.31. The first-order chi connectivity index (χ1) is 71.3. The maximum absolute atomic E-state index is 14.3. The summed E-state index contributed by atoms with van der Waals surface area (Å²) in [6, 6.07) is 0. The SMILES string of the molecule is CC[C@H]1O[C@@H](n2cc(C)c(=O)[nH]c2=O)[C@@H](OCCOC)C1OP(O)(=S)OC[C@H]1O[C@@H](n2cc(C)c(N)nc2=O)[C@@H](OCCOC)C1OP(O)(=S)OC[C@H]1O[C@@H](n2cc(C)c(N)nc2=O)[C@@H](OCCOC)C1OP(O)(=S)OC[C@H]1O[C@@H](n2cnc3c(N)ncnc32)[C@@H](OCCOC)C1OP(O)(=S)OC[C@H]1O[C@@H](n2cnc3c(=O)[nH]c(N)nc32)[C@@H](OCCOC)C1OP(O)(=S)OC[C@H]1O[C@@H](n2cc(C)c(N)nc2=O)[C@@H](OCCOC)C1O. The number of ether oxygens (including phenoxy) is 18. The number of hydrogen-bond donors (Lipinski definition) is 13. The van der Waals surface area contributed by atoms with E-state index in [1.54, 1.807) is 20.8 Å². The number of methoxy groups -OCH3 is 6. The van der Waals surface area contributed by atoms with Gasteiger partial charge in [-0.25, -0.2) is 39.1 Å². The number of anilines is 5. The van der Waals surface area contributed by atoms with E-state index in [1.165, 1.54) is 96.8 Å². The number of nitrogens with two attached hydrogens (primary N) is 5. The molecule has 14 rings (SSSR count). The van der Waals surface area contributed by atoms with E-state index >= 15 is 0 Å². The molecule has 6 fully saturated rings. The van der Waals surface area contributed by atoms with E-state index in [-0.39, 0.29) is 154 Å². The Morgan fingerprint density at radius 2 is 0.633 bits per heavy atom. The summed E-state index contributed by atoms with van der Waals surface area (Å²) in [5.41, 5.74) is 26.3. The van der Waals surface area contributed by atoms with Crippen molar-refractivity contribution in [3.05, 3.63) is 129 Å². The number of aromatic nitrogens is 16. The summed E-state index contributed by atoms with van der Waals surface area (Å²) in [5, 5.41) is 11.9. The molecule has 6 aliphatic rings. The second-order valence-corrected chi connectivity index (χ2v) is 48.2. The summed E-state index contributed by atoms with van der Waals surface area (Å²) >= 11 is 29.2. The van der Waals surface area contributed by atoms with Crippen LogP contribution in [0.15, 0.2) is 72.5 Å². The Bertz CT molecular complexity index is 6630. The first-order valence-corrected chi connectivity index (χ1v) is 58.9. The average molecular weight is 2320 g/mol. The van der Waals surface area contributed by atoms with Gasteiger partial charge in [-0.2, -0.15) is 19.9 Å². The van der Waals surface area contributed by atoms with Crippen molar-refractivity contribution in [1.29, 1.82) is 0 Å². The van der Waals surface area contributed by atoms with Gasteiger partial charge in [-0.3, -0.25) is 69.6 Å². The molecule has 0 aliphatic carbocycles. The van der Waals surface area contributed by atoms with E-state index < -0.39 is 248 Å². The number of aliphatic hydroxyl groups excluding tert-OH is 1. The van der Waals surface area contributed by atoms with E-state index in [9.17, 15) is 58.3 Å². The van der Waals surface area contributed by atoms with E-state index in [0.29, 0.717) is 5.56 Å². The maximum Gasteiger partial charge on any atom is 0.351 e. The van der Waals surface area contributed by atoms with Crippen molar-refractivity contribution in [3.63, 3.8) is 0 Å². The Morgan fingerprint density at radius 3 is 0.987 bits per heavy atom. The minimum Gasteiger partial charge on any atom is -0.387 e. The zero-order valence-corrected chi connectivity index (χ0v) is 90.7.